The smallest absolute Gasteiger partial charge is 0.255 e. The molecule has 1 atom stereocenters. The Balaban J connectivity index is 1.87. The van der Waals surface area contributed by atoms with E-state index in [1.165, 1.54) is 24.8 Å². The topological polar surface area (TPSA) is 90.7 Å². The molecule has 0 aliphatic rings. The summed E-state index contributed by atoms with van der Waals surface area (Å²) in [5.74, 6) is -0.00238. The van der Waals surface area contributed by atoms with Crippen LogP contribution in [0.4, 0.5) is 0 Å². The molecule has 0 saturated carbocycles. The fourth-order valence-electron chi connectivity index (χ4n) is 3.44. The molecule has 0 spiro atoms. The van der Waals surface area contributed by atoms with Crippen LogP contribution in [0.25, 0.3) is 0 Å². The van der Waals surface area contributed by atoms with E-state index in [0.29, 0.717) is 11.5 Å². The molecule has 1 aromatic heterocycles. The average Bonchev–Trinajstić information content (AvgIpc) is 3.30. The van der Waals surface area contributed by atoms with Crippen LogP contribution in [0.1, 0.15) is 46.3 Å². The third kappa shape index (κ3) is 6.49. The SMILES string of the molecule is COc1cc(C(=O)NC(c2ccc(CC(C)C)cc2)c2cccs2)cc(Cl)c1OCC(N)=O. The van der Waals surface area contributed by atoms with Gasteiger partial charge in [0.1, 0.15) is 0 Å². The molecule has 0 bridgehead atoms. The van der Waals surface area contributed by atoms with E-state index in [4.69, 9.17) is 26.8 Å². The molecule has 2 aromatic carbocycles. The zero-order valence-corrected chi connectivity index (χ0v) is 20.3. The van der Waals surface area contributed by atoms with E-state index >= 15 is 0 Å². The molecule has 6 nitrogen and oxygen atoms in total. The summed E-state index contributed by atoms with van der Waals surface area (Å²) in [7, 11) is 1.43. The minimum Gasteiger partial charge on any atom is -0.493 e. The van der Waals surface area contributed by atoms with E-state index in [-0.39, 0.29) is 35.1 Å². The molecule has 33 heavy (non-hydrogen) atoms. The molecule has 3 aromatic rings. The van der Waals surface area contributed by atoms with Crippen molar-refractivity contribution < 1.29 is 19.1 Å². The highest BCUT2D eigenvalue weighted by Gasteiger charge is 2.22. The van der Waals surface area contributed by atoms with Crippen molar-refractivity contribution in [3.8, 4) is 11.5 Å². The van der Waals surface area contributed by atoms with Gasteiger partial charge in [-0.2, -0.15) is 0 Å². The summed E-state index contributed by atoms with van der Waals surface area (Å²) in [4.78, 5) is 25.3. The molecule has 8 heteroatoms. The van der Waals surface area contributed by atoms with Crippen molar-refractivity contribution in [3.63, 3.8) is 0 Å². The van der Waals surface area contributed by atoms with Crippen molar-refractivity contribution in [2.45, 2.75) is 26.3 Å². The molecular formula is C25H27ClN2O4S. The van der Waals surface area contributed by atoms with Crippen molar-refractivity contribution in [2.75, 3.05) is 13.7 Å². The van der Waals surface area contributed by atoms with E-state index in [0.717, 1.165) is 16.9 Å². The fourth-order valence-corrected chi connectivity index (χ4v) is 4.51. The number of benzene rings is 2. The zero-order chi connectivity index (χ0) is 24.0. The molecule has 0 aliphatic heterocycles. The Hall–Kier alpha value is -3.03. The monoisotopic (exact) mass is 486 g/mol. The standard InChI is InChI=1S/C25H27ClN2O4S/c1-15(2)11-16-6-8-17(9-7-16)23(21-5-4-10-33-21)28-25(30)18-12-19(26)24(20(13-18)31-3)32-14-22(27)29/h4-10,12-13,15,23H,11,14H2,1-3H3,(H2,27,29)(H,28,30). The molecular weight excluding hydrogens is 460 g/mol. The maximum absolute atomic E-state index is 13.2. The largest absolute Gasteiger partial charge is 0.493 e. The number of halogens is 1. The molecule has 0 radical (unpaired) electrons. The minimum atomic E-state index is -0.645. The van der Waals surface area contributed by atoms with Gasteiger partial charge in [0.05, 0.1) is 18.2 Å². The van der Waals surface area contributed by atoms with Crippen LogP contribution in [0.15, 0.2) is 53.9 Å². The summed E-state index contributed by atoms with van der Waals surface area (Å²) in [6, 6.07) is 14.9. The Labute approximate surface area is 202 Å². The lowest BCUT2D eigenvalue weighted by Crippen LogP contribution is -2.29. The Morgan fingerprint density at radius 1 is 1.15 bits per heavy atom. The maximum atomic E-state index is 13.2. The number of thiophene rings is 1. The van der Waals surface area contributed by atoms with Crippen LogP contribution in [-0.2, 0) is 11.2 Å². The molecule has 0 saturated heterocycles. The second-order valence-electron chi connectivity index (χ2n) is 8.01. The van der Waals surface area contributed by atoms with Crippen molar-refractivity contribution in [2.24, 2.45) is 11.7 Å². The average molecular weight is 487 g/mol. The molecule has 174 valence electrons. The van der Waals surface area contributed by atoms with Crippen molar-refractivity contribution in [1.29, 1.82) is 0 Å². The highest BCUT2D eigenvalue weighted by Crippen LogP contribution is 2.37. The van der Waals surface area contributed by atoms with Crippen molar-refractivity contribution in [1.82, 2.24) is 5.32 Å². The third-order valence-electron chi connectivity index (χ3n) is 4.91. The number of rotatable bonds is 10. The first kappa shape index (κ1) is 24.6. The number of nitrogens with one attached hydrogen (secondary N) is 1. The predicted octanol–water partition coefficient (Wildman–Crippen LogP) is 4.99. The summed E-state index contributed by atoms with van der Waals surface area (Å²) in [5.41, 5.74) is 7.69. The number of primary amides is 1. The number of carbonyl (C=O) groups is 2. The van der Waals surface area contributed by atoms with E-state index in [9.17, 15) is 9.59 Å². The first-order valence-electron chi connectivity index (χ1n) is 10.5. The lowest BCUT2D eigenvalue weighted by Gasteiger charge is -2.20. The van der Waals surface area contributed by atoms with Crippen LogP contribution in [0.5, 0.6) is 11.5 Å². The van der Waals surface area contributed by atoms with Gasteiger partial charge in [-0.05, 0) is 47.0 Å². The number of amides is 2. The molecule has 1 heterocycles. The van der Waals surface area contributed by atoms with E-state index in [2.05, 4.69) is 43.4 Å². The normalized spacial score (nSPS) is 11.8. The lowest BCUT2D eigenvalue weighted by atomic mass is 9.98. The summed E-state index contributed by atoms with van der Waals surface area (Å²) >= 11 is 7.89. The van der Waals surface area contributed by atoms with Gasteiger partial charge in [-0.25, -0.2) is 0 Å². The number of carbonyl (C=O) groups excluding carboxylic acids is 2. The third-order valence-corrected chi connectivity index (χ3v) is 6.13. The molecule has 1 unspecified atom stereocenters. The van der Waals surface area contributed by atoms with Crippen LogP contribution in [-0.4, -0.2) is 25.5 Å². The molecule has 2 amide bonds. The van der Waals surface area contributed by atoms with Crippen LogP contribution < -0.4 is 20.5 Å². The summed E-state index contributed by atoms with van der Waals surface area (Å²) in [5, 5.41) is 5.23. The number of hydrogen-bond donors (Lipinski definition) is 2. The molecule has 0 fully saturated rings. The van der Waals surface area contributed by atoms with Crippen LogP contribution in [0, 0.1) is 5.92 Å². The fraction of sp³-hybridized carbons (Fsp3) is 0.280. The molecule has 0 aliphatic carbocycles. The van der Waals surface area contributed by atoms with Gasteiger partial charge >= 0.3 is 0 Å². The van der Waals surface area contributed by atoms with Crippen LogP contribution in [0.2, 0.25) is 5.02 Å². The first-order valence-corrected chi connectivity index (χ1v) is 11.8. The van der Waals surface area contributed by atoms with E-state index in [1.807, 2.05) is 17.5 Å². The molecule has 3 rings (SSSR count). The van der Waals surface area contributed by atoms with Gasteiger partial charge < -0.3 is 20.5 Å². The summed E-state index contributed by atoms with van der Waals surface area (Å²) in [6.07, 6.45) is 0.999. The number of methoxy groups -OCH3 is 1. The zero-order valence-electron chi connectivity index (χ0n) is 18.8. The Morgan fingerprint density at radius 2 is 1.88 bits per heavy atom. The van der Waals surface area contributed by atoms with Gasteiger partial charge in [-0.15, -0.1) is 11.3 Å². The van der Waals surface area contributed by atoms with E-state index in [1.54, 1.807) is 11.3 Å². The Bertz CT molecular complexity index is 1100. The predicted molar refractivity (Wildman–Crippen MR) is 131 cm³/mol. The Kier molecular flexibility index (Phi) is 8.36. The summed E-state index contributed by atoms with van der Waals surface area (Å²) in [6.45, 7) is 4.02. The van der Waals surface area contributed by atoms with Gasteiger partial charge in [-0.3, -0.25) is 9.59 Å². The van der Waals surface area contributed by atoms with Crippen LogP contribution >= 0.6 is 22.9 Å². The number of nitrogens with two attached hydrogens (primary N) is 1. The van der Waals surface area contributed by atoms with Gasteiger partial charge in [0, 0.05) is 10.4 Å². The quantitative estimate of drug-likeness (QED) is 0.422. The van der Waals surface area contributed by atoms with Gasteiger partial charge in [0.15, 0.2) is 18.1 Å². The Morgan fingerprint density at radius 3 is 2.45 bits per heavy atom. The second kappa shape index (κ2) is 11.2. The maximum Gasteiger partial charge on any atom is 0.255 e. The van der Waals surface area contributed by atoms with E-state index < -0.39 is 5.91 Å². The van der Waals surface area contributed by atoms with Gasteiger partial charge in [0.2, 0.25) is 0 Å². The number of ether oxygens (including phenoxy) is 2. The highest BCUT2D eigenvalue weighted by atomic mass is 35.5. The highest BCUT2D eigenvalue weighted by molar-refractivity contribution is 7.10. The van der Waals surface area contributed by atoms with Crippen molar-refractivity contribution in [3.05, 3.63) is 80.5 Å². The summed E-state index contributed by atoms with van der Waals surface area (Å²) < 4.78 is 10.7. The first-order chi connectivity index (χ1) is 15.8. The van der Waals surface area contributed by atoms with Gasteiger partial charge in [0.25, 0.3) is 11.8 Å². The lowest BCUT2D eigenvalue weighted by molar-refractivity contribution is -0.119. The molecule has 3 N–H and O–H groups in total. The van der Waals surface area contributed by atoms with Crippen molar-refractivity contribution >= 4 is 34.8 Å². The second-order valence-corrected chi connectivity index (χ2v) is 9.39. The van der Waals surface area contributed by atoms with Gasteiger partial charge in [-0.1, -0.05) is 55.8 Å². The van der Waals surface area contributed by atoms with Crippen LogP contribution in [0.3, 0.4) is 0 Å². The number of hydrogen-bond acceptors (Lipinski definition) is 5. The minimum absolute atomic E-state index is 0.145.